The molecule has 1 aromatic heterocycles. The highest BCUT2D eigenvalue weighted by Crippen LogP contribution is 2.43. The standard InChI is InChI=1S/C27H31FN4O5/c1-37-26-23-20(25(34)21(27(35)36)16-32(23)18-7-8-18)13-22(28)24(26)31-11-9-30(10-12-31)15-19(33)14-29-17-5-3-2-4-6-17/h2-6,13,16,18-19,29,33H,7-12,14-15H2,1H3,(H,35,36). The van der Waals surface area contributed by atoms with E-state index < -0.39 is 23.3 Å². The van der Waals surface area contributed by atoms with Gasteiger partial charge in [-0.3, -0.25) is 9.69 Å². The van der Waals surface area contributed by atoms with Gasteiger partial charge in [0.15, 0.2) is 11.6 Å². The van der Waals surface area contributed by atoms with Crippen LogP contribution in [0.1, 0.15) is 29.2 Å². The van der Waals surface area contributed by atoms with Gasteiger partial charge >= 0.3 is 5.97 Å². The Balaban J connectivity index is 1.35. The first-order valence-electron chi connectivity index (χ1n) is 12.5. The number of fused-ring (bicyclic) bond motifs is 1. The summed E-state index contributed by atoms with van der Waals surface area (Å²) in [6.45, 7) is 3.18. The number of halogens is 1. The number of carboxylic acid groups (broad SMARTS) is 1. The zero-order valence-electron chi connectivity index (χ0n) is 20.7. The molecule has 1 aliphatic heterocycles. The predicted molar refractivity (Wildman–Crippen MR) is 140 cm³/mol. The fourth-order valence-electron chi connectivity index (χ4n) is 5.03. The molecule has 37 heavy (non-hydrogen) atoms. The molecular formula is C27H31FN4O5. The molecule has 2 fully saturated rings. The molecule has 3 N–H and O–H groups in total. The van der Waals surface area contributed by atoms with Crippen LogP contribution in [0.15, 0.2) is 47.4 Å². The number of hydrogen-bond donors (Lipinski definition) is 3. The lowest BCUT2D eigenvalue weighted by Crippen LogP contribution is -2.49. The second kappa shape index (κ2) is 10.4. The van der Waals surface area contributed by atoms with E-state index in [1.54, 1.807) is 4.57 Å². The number of para-hydroxylation sites is 1. The van der Waals surface area contributed by atoms with E-state index in [4.69, 9.17) is 4.74 Å². The Labute approximate surface area is 213 Å². The fourth-order valence-corrected chi connectivity index (χ4v) is 5.03. The first-order chi connectivity index (χ1) is 17.9. The van der Waals surface area contributed by atoms with Crippen molar-refractivity contribution in [3.05, 3.63) is 64.2 Å². The third-order valence-corrected chi connectivity index (χ3v) is 7.05. The molecule has 1 saturated heterocycles. The molecule has 1 aliphatic carbocycles. The number of nitrogens with zero attached hydrogens (tertiary/aromatic N) is 3. The Kier molecular flexibility index (Phi) is 7.03. The van der Waals surface area contributed by atoms with Gasteiger partial charge < -0.3 is 29.7 Å². The van der Waals surface area contributed by atoms with E-state index in [1.807, 2.05) is 35.2 Å². The fraction of sp³-hybridized carbons (Fsp3) is 0.407. The zero-order chi connectivity index (χ0) is 26.1. The molecule has 1 saturated carbocycles. The lowest BCUT2D eigenvalue weighted by atomic mass is 10.1. The van der Waals surface area contributed by atoms with Gasteiger partial charge in [-0.25, -0.2) is 9.18 Å². The summed E-state index contributed by atoms with van der Waals surface area (Å²) in [5.74, 6) is -1.70. The molecule has 1 atom stereocenters. The number of ether oxygens (including phenoxy) is 1. The summed E-state index contributed by atoms with van der Waals surface area (Å²) in [5.41, 5.74) is 0.568. The number of anilines is 2. The number of β-amino-alcohol motifs (C(OH)–C–C–N with tert-alkyl or cyclic N) is 1. The maximum atomic E-state index is 15.5. The van der Waals surface area contributed by atoms with Gasteiger partial charge in [-0.1, -0.05) is 18.2 Å². The van der Waals surface area contributed by atoms with Crippen LogP contribution in [0.5, 0.6) is 5.75 Å². The Morgan fingerprint density at radius 2 is 1.89 bits per heavy atom. The van der Waals surface area contributed by atoms with E-state index in [0.29, 0.717) is 44.8 Å². The highest BCUT2D eigenvalue weighted by molar-refractivity contribution is 5.97. The second-order valence-corrected chi connectivity index (χ2v) is 9.64. The van der Waals surface area contributed by atoms with Crippen LogP contribution in [0.2, 0.25) is 0 Å². The van der Waals surface area contributed by atoms with E-state index >= 15 is 4.39 Å². The van der Waals surface area contributed by atoms with E-state index in [0.717, 1.165) is 24.6 Å². The Morgan fingerprint density at radius 1 is 1.19 bits per heavy atom. The van der Waals surface area contributed by atoms with E-state index in [9.17, 15) is 19.8 Å². The van der Waals surface area contributed by atoms with E-state index in [-0.39, 0.29) is 28.4 Å². The minimum Gasteiger partial charge on any atom is -0.492 e. The monoisotopic (exact) mass is 510 g/mol. The molecule has 2 aromatic carbocycles. The number of aliphatic hydroxyl groups excluding tert-OH is 1. The lowest BCUT2D eigenvalue weighted by Gasteiger charge is -2.37. The number of carboxylic acids is 1. The molecule has 5 rings (SSSR count). The Hall–Kier alpha value is -3.63. The van der Waals surface area contributed by atoms with Gasteiger partial charge in [0.25, 0.3) is 0 Å². The van der Waals surface area contributed by atoms with Crippen LogP contribution in [-0.2, 0) is 0 Å². The maximum Gasteiger partial charge on any atom is 0.341 e. The van der Waals surface area contributed by atoms with Gasteiger partial charge in [0.2, 0.25) is 5.43 Å². The summed E-state index contributed by atoms with van der Waals surface area (Å²) >= 11 is 0. The van der Waals surface area contributed by atoms with Crippen LogP contribution in [-0.4, -0.2) is 78.1 Å². The van der Waals surface area contributed by atoms with E-state index in [1.165, 1.54) is 13.3 Å². The van der Waals surface area contributed by atoms with Crippen LogP contribution in [0.25, 0.3) is 10.9 Å². The summed E-state index contributed by atoms with van der Waals surface area (Å²) in [7, 11) is 1.44. The molecule has 2 aliphatic rings. The Bertz CT molecular complexity index is 1350. The SMILES string of the molecule is COc1c(N2CCN(CC(O)CNc3ccccc3)CC2)c(F)cc2c(=O)c(C(=O)O)cn(C3CC3)c12. The zero-order valence-corrected chi connectivity index (χ0v) is 20.7. The van der Waals surface area contributed by atoms with Gasteiger partial charge in [-0.15, -0.1) is 0 Å². The number of piperazine rings is 1. The topological polar surface area (TPSA) is 107 Å². The predicted octanol–water partition coefficient (Wildman–Crippen LogP) is 2.78. The minimum absolute atomic E-state index is 0.0116. The van der Waals surface area contributed by atoms with Crippen LogP contribution in [0.3, 0.4) is 0 Å². The molecule has 10 heteroatoms. The molecule has 0 spiro atoms. The van der Waals surface area contributed by atoms with Gasteiger partial charge in [-0.2, -0.15) is 0 Å². The van der Waals surface area contributed by atoms with Crippen molar-refractivity contribution >= 4 is 28.2 Å². The molecule has 0 amide bonds. The summed E-state index contributed by atoms with van der Waals surface area (Å²) < 4.78 is 22.9. The molecule has 0 bridgehead atoms. The number of rotatable bonds is 9. The lowest BCUT2D eigenvalue weighted by molar-refractivity contribution is 0.0694. The first kappa shape index (κ1) is 25.0. The largest absolute Gasteiger partial charge is 0.492 e. The number of carbonyl (C=O) groups is 1. The molecule has 1 unspecified atom stereocenters. The molecule has 2 heterocycles. The first-order valence-corrected chi connectivity index (χ1v) is 12.5. The number of hydrogen-bond acceptors (Lipinski definition) is 7. The van der Waals surface area contributed by atoms with Crippen molar-refractivity contribution in [2.75, 3.05) is 56.6 Å². The number of nitrogens with one attached hydrogen (secondary N) is 1. The molecule has 3 aromatic rings. The minimum atomic E-state index is -1.33. The summed E-state index contributed by atoms with van der Waals surface area (Å²) in [6.07, 6.45) is 2.51. The smallest absolute Gasteiger partial charge is 0.341 e. The summed E-state index contributed by atoms with van der Waals surface area (Å²) in [6, 6.07) is 10.9. The number of benzene rings is 2. The summed E-state index contributed by atoms with van der Waals surface area (Å²) in [4.78, 5) is 28.6. The van der Waals surface area contributed by atoms with Crippen molar-refractivity contribution in [1.29, 1.82) is 0 Å². The van der Waals surface area contributed by atoms with Crippen LogP contribution in [0.4, 0.5) is 15.8 Å². The molecule has 9 nitrogen and oxygen atoms in total. The average molecular weight is 511 g/mol. The highest BCUT2D eigenvalue weighted by atomic mass is 19.1. The van der Waals surface area contributed by atoms with Crippen molar-refractivity contribution in [2.24, 2.45) is 0 Å². The van der Waals surface area contributed by atoms with Gasteiger partial charge in [0.05, 0.1) is 24.1 Å². The van der Waals surface area contributed by atoms with Crippen LogP contribution in [0, 0.1) is 5.82 Å². The molecular weight excluding hydrogens is 479 g/mol. The Morgan fingerprint density at radius 3 is 2.51 bits per heavy atom. The number of aromatic carboxylic acids is 1. The van der Waals surface area contributed by atoms with Crippen LogP contribution < -0.4 is 20.4 Å². The van der Waals surface area contributed by atoms with Crippen molar-refractivity contribution in [2.45, 2.75) is 25.0 Å². The normalized spacial score (nSPS) is 17.1. The highest BCUT2D eigenvalue weighted by Gasteiger charge is 2.32. The van der Waals surface area contributed by atoms with Crippen molar-refractivity contribution in [1.82, 2.24) is 9.47 Å². The number of pyridine rings is 1. The third-order valence-electron chi connectivity index (χ3n) is 7.05. The van der Waals surface area contributed by atoms with Crippen LogP contribution >= 0.6 is 0 Å². The quantitative estimate of drug-likeness (QED) is 0.404. The summed E-state index contributed by atoms with van der Waals surface area (Å²) in [5, 5.41) is 23.2. The molecule has 0 radical (unpaired) electrons. The van der Waals surface area contributed by atoms with Gasteiger partial charge in [-0.05, 0) is 31.0 Å². The maximum absolute atomic E-state index is 15.5. The van der Waals surface area contributed by atoms with Gasteiger partial charge in [0.1, 0.15) is 11.3 Å². The van der Waals surface area contributed by atoms with Crippen molar-refractivity contribution in [3.8, 4) is 5.75 Å². The second-order valence-electron chi connectivity index (χ2n) is 9.64. The van der Waals surface area contributed by atoms with Crippen molar-refractivity contribution < 1.29 is 24.1 Å². The molecule has 196 valence electrons. The van der Waals surface area contributed by atoms with Gasteiger partial charge in [0, 0.05) is 57.2 Å². The average Bonchev–Trinajstić information content (AvgIpc) is 3.74. The van der Waals surface area contributed by atoms with E-state index in [2.05, 4.69) is 10.2 Å². The van der Waals surface area contributed by atoms with Crippen molar-refractivity contribution in [3.63, 3.8) is 0 Å². The number of aromatic nitrogens is 1. The number of aliphatic hydroxyl groups is 1. The number of methoxy groups -OCH3 is 1. The third kappa shape index (κ3) is 5.12.